The number of aromatic nitrogens is 1. The predicted molar refractivity (Wildman–Crippen MR) is 71.0 cm³/mol. The maximum atomic E-state index is 5.46. The number of rotatable bonds is 3. The monoisotopic (exact) mass is 250 g/mol. The van der Waals surface area contributed by atoms with Gasteiger partial charge in [-0.2, -0.15) is 0 Å². The highest BCUT2D eigenvalue weighted by Gasteiger charge is 2.20. The van der Waals surface area contributed by atoms with Crippen LogP contribution >= 0.6 is 0 Å². The topological polar surface area (TPSA) is 34.6 Å². The second-order valence-electron chi connectivity index (χ2n) is 4.94. The molecule has 2 heterocycles. The SMILES string of the molecule is COc1c(C)cnc(CN2CCOCC2C)c1C. The number of aryl methyl sites for hydroxylation is 1. The quantitative estimate of drug-likeness (QED) is 0.821. The Hall–Kier alpha value is -1.13. The Morgan fingerprint density at radius 2 is 2.28 bits per heavy atom. The van der Waals surface area contributed by atoms with E-state index in [0.29, 0.717) is 6.04 Å². The third-order valence-corrected chi connectivity index (χ3v) is 3.61. The van der Waals surface area contributed by atoms with Crippen molar-refractivity contribution in [2.45, 2.75) is 33.4 Å². The van der Waals surface area contributed by atoms with E-state index in [4.69, 9.17) is 9.47 Å². The van der Waals surface area contributed by atoms with Crippen molar-refractivity contribution < 1.29 is 9.47 Å². The van der Waals surface area contributed by atoms with E-state index in [2.05, 4.69) is 23.7 Å². The Kier molecular flexibility index (Phi) is 4.19. The number of nitrogens with zero attached hydrogens (tertiary/aromatic N) is 2. The summed E-state index contributed by atoms with van der Waals surface area (Å²) >= 11 is 0. The molecule has 1 unspecified atom stereocenters. The molecule has 100 valence electrons. The van der Waals surface area contributed by atoms with Crippen LogP contribution in [0, 0.1) is 13.8 Å². The zero-order valence-corrected chi connectivity index (χ0v) is 11.7. The fourth-order valence-corrected chi connectivity index (χ4v) is 2.42. The maximum Gasteiger partial charge on any atom is 0.128 e. The molecule has 1 aromatic rings. The molecule has 1 saturated heterocycles. The van der Waals surface area contributed by atoms with Crippen LogP contribution in [0.2, 0.25) is 0 Å². The molecule has 0 amide bonds. The summed E-state index contributed by atoms with van der Waals surface area (Å²) in [5.41, 5.74) is 3.34. The summed E-state index contributed by atoms with van der Waals surface area (Å²) in [5, 5.41) is 0. The van der Waals surface area contributed by atoms with Gasteiger partial charge in [-0.25, -0.2) is 0 Å². The summed E-state index contributed by atoms with van der Waals surface area (Å²) in [5.74, 6) is 0.959. The molecular formula is C14H22N2O2. The fraction of sp³-hybridized carbons (Fsp3) is 0.643. The second kappa shape index (κ2) is 5.67. The maximum absolute atomic E-state index is 5.46. The van der Waals surface area contributed by atoms with Crippen LogP contribution in [0.3, 0.4) is 0 Å². The van der Waals surface area contributed by atoms with Gasteiger partial charge in [0.2, 0.25) is 0 Å². The third-order valence-electron chi connectivity index (χ3n) is 3.61. The van der Waals surface area contributed by atoms with Gasteiger partial charge in [-0.3, -0.25) is 9.88 Å². The van der Waals surface area contributed by atoms with Gasteiger partial charge in [0, 0.05) is 36.5 Å². The molecule has 0 aromatic carbocycles. The Labute approximate surface area is 109 Å². The minimum Gasteiger partial charge on any atom is -0.496 e. The van der Waals surface area contributed by atoms with Crippen molar-refractivity contribution in [1.82, 2.24) is 9.88 Å². The average Bonchev–Trinajstić information content (AvgIpc) is 2.36. The molecular weight excluding hydrogens is 228 g/mol. The van der Waals surface area contributed by atoms with Gasteiger partial charge >= 0.3 is 0 Å². The first-order valence-electron chi connectivity index (χ1n) is 6.44. The molecule has 4 heteroatoms. The highest BCUT2D eigenvalue weighted by Crippen LogP contribution is 2.25. The fourth-order valence-electron chi connectivity index (χ4n) is 2.42. The van der Waals surface area contributed by atoms with Gasteiger partial charge in [0.05, 0.1) is 26.0 Å². The minimum atomic E-state index is 0.451. The number of hydrogen-bond donors (Lipinski definition) is 0. The summed E-state index contributed by atoms with van der Waals surface area (Å²) in [4.78, 5) is 6.96. The predicted octanol–water partition coefficient (Wildman–Crippen LogP) is 1.93. The first kappa shape index (κ1) is 13.3. The van der Waals surface area contributed by atoms with Gasteiger partial charge in [-0.15, -0.1) is 0 Å². The van der Waals surface area contributed by atoms with Crippen molar-refractivity contribution in [2.75, 3.05) is 26.9 Å². The number of ether oxygens (including phenoxy) is 2. The van der Waals surface area contributed by atoms with Crippen LogP contribution in [-0.4, -0.2) is 42.8 Å². The smallest absolute Gasteiger partial charge is 0.128 e. The largest absolute Gasteiger partial charge is 0.496 e. The molecule has 0 N–H and O–H groups in total. The number of morpholine rings is 1. The summed E-state index contributed by atoms with van der Waals surface area (Å²) in [6, 6.07) is 0.451. The third kappa shape index (κ3) is 2.65. The van der Waals surface area contributed by atoms with E-state index in [0.717, 1.165) is 48.9 Å². The van der Waals surface area contributed by atoms with Gasteiger partial charge < -0.3 is 9.47 Å². The Morgan fingerprint density at radius 3 is 2.94 bits per heavy atom. The molecule has 2 rings (SSSR count). The van der Waals surface area contributed by atoms with E-state index >= 15 is 0 Å². The molecule has 1 aromatic heterocycles. The molecule has 1 fully saturated rings. The summed E-state index contributed by atoms with van der Waals surface area (Å²) in [7, 11) is 1.72. The number of hydrogen-bond acceptors (Lipinski definition) is 4. The molecule has 4 nitrogen and oxygen atoms in total. The van der Waals surface area contributed by atoms with Crippen LogP contribution in [0.25, 0.3) is 0 Å². The Morgan fingerprint density at radius 1 is 1.50 bits per heavy atom. The van der Waals surface area contributed by atoms with Crippen molar-refractivity contribution in [2.24, 2.45) is 0 Å². The van der Waals surface area contributed by atoms with Gasteiger partial charge in [-0.1, -0.05) is 0 Å². The molecule has 0 aliphatic carbocycles. The highest BCUT2D eigenvalue weighted by atomic mass is 16.5. The second-order valence-corrected chi connectivity index (χ2v) is 4.94. The first-order chi connectivity index (χ1) is 8.63. The van der Waals surface area contributed by atoms with E-state index in [1.807, 2.05) is 13.1 Å². The molecule has 1 aliphatic rings. The highest BCUT2D eigenvalue weighted by molar-refractivity contribution is 5.41. The van der Waals surface area contributed by atoms with Gasteiger partial charge in [0.25, 0.3) is 0 Å². The van der Waals surface area contributed by atoms with Gasteiger partial charge in [0.15, 0.2) is 0 Å². The standard InChI is InChI=1S/C14H22N2O2/c1-10-7-15-13(12(3)14(10)17-4)8-16-5-6-18-9-11(16)2/h7,11H,5-6,8-9H2,1-4H3. The molecule has 1 aliphatic heterocycles. The van der Waals surface area contributed by atoms with Crippen molar-refractivity contribution in [1.29, 1.82) is 0 Å². The van der Waals surface area contributed by atoms with Crippen LogP contribution < -0.4 is 4.74 Å². The molecule has 1 atom stereocenters. The van der Waals surface area contributed by atoms with Gasteiger partial charge in [0.1, 0.15) is 5.75 Å². The zero-order valence-electron chi connectivity index (χ0n) is 11.7. The lowest BCUT2D eigenvalue weighted by Gasteiger charge is -2.33. The lowest BCUT2D eigenvalue weighted by atomic mass is 10.1. The van der Waals surface area contributed by atoms with Crippen molar-refractivity contribution >= 4 is 0 Å². The number of pyridine rings is 1. The molecule has 0 spiro atoms. The summed E-state index contributed by atoms with van der Waals surface area (Å²) in [6.07, 6.45) is 1.90. The Balaban J connectivity index is 2.18. The van der Waals surface area contributed by atoms with Crippen molar-refractivity contribution in [3.05, 3.63) is 23.0 Å². The van der Waals surface area contributed by atoms with Crippen LogP contribution in [0.15, 0.2) is 6.20 Å². The molecule has 18 heavy (non-hydrogen) atoms. The average molecular weight is 250 g/mol. The minimum absolute atomic E-state index is 0.451. The molecule has 0 bridgehead atoms. The number of methoxy groups -OCH3 is 1. The van der Waals surface area contributed by atoms with Crippen LogP contribution in [0.1, 0.15) is 23.7 Å². The summed E-state index contributed by atoms with van der Waals surface area (Å²) in [6.45, 7) is 9.76. The van der Waals surface area contributed by atoms with E-state index in [1.54, 1.807) is 7.11 Å². The van der Waals surface area contributed by atoms with E-state index in [-0.39, 0.29) is 0 Å². The van der Waals surface area contributed by atoms with Crippen LogP contribution in [0.4, 0.5) is 0 Å². The van der Waals surface area contributed by atoms with Gasteiger partial charge in [-0.05, 0) is 20.8 Å². The molecule has 0 radical (unpaired) electrons. The molecule has 0 saturated carbocycles. The Bertz CT molecular complexity index is 421. The van der Waals surface area contributed by atoms with Crippen LogP contribution in [-0.2, 0) is 11.3 Å². The van der Waals surface area contributed by atoms with Crippen molar-refractivity contribution in [3.8, 4) is 5.75 Å². The van der Waals surface area contributed by atoms with E-state index in [1.165, 1.54) is 0 Å². The van der Waals surface area contributed by atoms with Crippen LogP contribution in [0.5, 0.6) is 5.75 Å². The van der Waals surface area contributed by atoms with E-state index in [9.17, 15) is 0 Å². The first-order valence-corrected chi connectivity index (χ1v) is 6.44. The summed E-state index contributed by atoms with van der Waals surface area (Å²) < 4.78 is 10.9. The van der Waals surface area contributed by atoms with E-state index < -0.39 is 0 Å². The zero-order chi connectivity index (χ0) is 13.1. The normalized spacial score (nSPS) is 21.0. The lowest BCUT2D eigenvalue weighted by Crippen LogP contribution is -2.43. The van der Waals surface area contributed by atoms with Crippen molar-refractivity contribution in [3.63, 3.8) is 0 Å². The lowest BCUT2D eigenvalue weighted by molar-refractivity contribution is -0.00502.